The number of ether oxygens (including phenoxy) is 1. The van der Waals surface area contributed by atoms with E-state index in [-0.39, 0.29) is 35.5 Å². The minimum atomic E-state index is -1.03. The largest absolute Gasteiger partial charge is 0.476 e. The van der Waals surface area contributed by atoms with E-state index in [2.05, 4.69) is 11.9 Å². The molecule has 1 aliphatic carbocycles. The molecule has 3 unspecified atom stereocenters. The third-order valence-corrected chi connectivity index (χ3v) is 8.54. The summed E-state index contributed by atoms with van der Waals surface area (Å²) in [4.78, 5) is 29.1. The average molecular weight is 457 g/mol. The molecular formula is C21H32N2O5S2. The standard InChI is InChI=1S/C21H32N2O5S2/c1-3-4-8-21(9-5-10-21)17(24)7-6-16-14(2)28-20(27)23(16)11-12-29-19-22-15(13-30-19)18(25)26/h13-14,16-17,24H,3-12H2,1-2H3,(H,25,26). The molecule has 1 saturated carbocycles. The summed E-state index contributed by atoms with van der Waals surface area (Å²) < 4.78 is 6.14. The number of carbonyl (C=O) groups excluding carboxylic acids is 1. The van der Waals surface area contributed by atoms with Gasteiger partial charge in [-0.25, -0.2) is 14.6 Å². The van der Waals surface area contributed by atoms with Crippen LogP contribution in [0.5, 0.6) is 0 Å². The molecule has 2 N–H and O–H groups in total. The zero-order valence-corrected chi connectivity index (χ0v) is 19.3. The van der Waals surface area contributed by atoms with Gasteiger partial charge in [0, 0.05) is 17.7 Å². The van der Waals surface area contributed by atoms with Crippen molar-refractivity contribution < 1.29 is 24.5 Å². The van der Waals surface area contributed by atoms with E-state index in [0.717, 1.165) is 38.5 Å². The summed E-state index contributed by atoms with van der Waals surface area (Å²) in [7, 11) is 0. The van der Waals surface area contributed by atoms with E-state index in [4.69, 9.17) is 9.84 Å². The molecule has 1 aliphatic heterocycles. The average Bonchev–Trinajstić information content (AvgIpc) is 3.24. The van der Waals surface area contributed by atoms with Crippen LogP contribution in [0, 0.1) is 5.41 Å². The number of rotatable bonds is 12. The molecule has 2 fully saturated rings. The maximum atomic E-state index is 12.3. The van der Waals surface area contributed by atoms with Gasteiger partial charge < -0.3 is 19.8 Å². The van der Waals surface area contributed by atoms with Crippen LogP contribution in [0.15, 0.2) is 9.72 Å². The molecule has 3 atom stereocenters. The van der Waals surface area contributed by atoms with Gasteiger partial charge in [-0.15, -0.1) is 11.3 Å². The predicted octanol–water partition coefficient (Wildman–Crippen LogP) is 4.64. The number of hydrogen-bond acceptors (Lipinski definition) is 7. The number of carboxylic acids is 1. The molecule has 1 amide bonds. The van der Waals surface area contributed by atoms with Gasteiger partial charge in [0.2, 0.25) is 0 Å². The Balaban J connectivity index is 1.51. The molecule has 2 heterocycles. The lowest BCUT2D eigenvalue weighted by molar-refractivity contribution is -0.0503. The Labute approximate surface area is 186 Å². The quantitative estimate of drug-likeness (QED) is 0.442. The van der Waals surface area contributed by atoms with Crippen LogP contribution < -0.4 is 0 Å². The molecule has 0 aromatic carbocycles. The van der Waals surface area contributed by atoms with Crippen LogP contribution in [0.3, 0.4) is 0 Å². The van der Waals surface area contributed by atoms with Gasteiger partial charge in [0.05, 0.1) is 12.1 Å². The summed E-state index contributed by atoms with van der Waals surface area (Å²) in [6, 6.07) is -0.0399. The Morgan fingerprint density at radius 1 is 1.50 bits per heavy atom. The number of amides is 1. The zero-order valence-electron chi connectivity index (χ0n) is 17.7. The van der Waals surface area contributed by atoms with Gasteiger partial charge >= 0.3 is 12.1 Å². The van der Waals surface area contributed by atoms with Crippen LogP contribution in [0.1, 0.15) is 75.7 Å². The first kappa shape index (κ1) is 23.3. The first-order chi connectivity index (χ1) is 14.4. The molecule has 1 saturated heterocycles. The van der Waals surface area contributed by atoms with Crippen molar-refractivity contribution in [2.24, 2.45) is 5.41 Å². The fraction of sp³-hybridized carbons (Fsp3) is 0.762. The minimum Gasteiger partial charge on any atom is -0.476 e. The van der Waals surface area contributed by atoms with E-state index in [0.29, 0.717) is 23.1 Å². The molecule has 168 valence electrons. The van der Waals surface area contributed by atoms with E-state index in [9.17, 15) is 14.7 Å². The number of aromatic carboxylic acids is 1. The Bertz CT molecular complexity index is 737. The number of hydrogen-bond donors (Lipinski definition) is 2. The lowest BCUT2D eigenvalue weighted by Gasteiger charge is -2.46. The van der Waals surface area contributed by atoms with Crippen molar-refractivity contribution in [1.29, 1.82) is 0 Å². The summed E-state index contributed by atoms with van der Waals surface area (Å²) in [5, 5.41) is 21.4. The van der Waals surface area contributed by atoms with Crippen molar-refractivity contribution >= 4 is 35.2 Å². The van der Waals surface area contributed by atoms with Crippen molar-refractivity contribution in [2.75, 3.05) is 12.3 Å². The molecule has 9 heteroatoms. The summed E-state index contributed by atoms with van der Waals surface area (Å²) in [6.07, 6.45) is 7.41. The number of unbranched alkanes of at least 4 members (excludes halogenated alkanes) is 1. The maximum absolute atomic E-state index is 12.3. The van der Waals surface area contributed by atoms with Crippen LogP contribution >= 0.6 is 23.1 Å². The highest BCUT2D eigenvalue weighted by molar-refractivity contribution is 8.01. The van der Waals surface area contributed by atoms with Crippen molar-refractivity contribution in [3.8, 4) is 0 Å². The van der Waals surface area contributed by atoms with Gasteiger partial charge in [0.25, 0.3) is 0 Å². The number of thioether (sulfide) groups is 1. The first-order valence-electron chi connectivity index (χ1n) is 10.8. The second kappa shape index (κ2) is 10.3. The highest BCUT2D eigenvalue weighted by Gasteiger charge is 2.44. The summed E-state index contributed by atoms with van der Waals surface area (Å²) in [5.74, 6) is -0.412. The van der Waals surface area contributed by atoms with Crippen LogP contribution in [-0.4, -0.2) is 62.7 Å². The third-order valence-electron chi connectivity index (χ3n) is 6.54. The fourth-order valence-electron chi connectivity index (χ4n) is 4.54. The number of carbonyl (C=O) groups is 2. The van der Waals surface area contributed by atoms with Crippen molar-refractivity contribution in [2.45, 2.75) is 87.8 Å². The van der Waals surface area contributed by atoms with Gasteiger partial charge in [0.15, 0.2) is 10.0 Å². The number of aliphatic hydroxyl groups excluding tert-OH is 1. The van der Waals surface area contributed by atoms with Gasteiger partial charge in [-0.3, -0.25) is 0 Å². The number of aliphatic hydroxyl groups is 1. The third kappa shape index (κ3) is 5.29. The Kier molecular flexibility index (Phi) is 8.04. The Morgan fingerprint density at radius 3 is 2.87 bits per heavy atom. The van der Waals surface area contributed by atoms with E-state index >= 15 is 0 Å². The zero-order chi connectivity index (χ0) is 21.7. The number of aromatic nitrogens is 1. The van der Waals surface area contributed by atoms with Crippen LogP contribution in [0.25, 0.3) is 0 Å². The van der Waals surface area contributed by atoms with Gasteiger partial charge in [-0.2, -0.15) is 0 Å². The number of carboxylic acid groups (broad SMARTS) is 1. The lowest BCUT2D eigenvalue weighted by Crippen LogP contribution is -2.43. The molecule has 30 heavy (non-hydrogen) atoms. The molecule has 2 aliphatic rings. The van der Waals surface area contributed by atoms with Gasteiger partial charge in [-0.05, 0) is 44.4 Å². The molecule has 0 spiro atoms. The van der Waals surface area contributed by atoms with Crippen LogP contribution in [-0.2, 0) is 4.74 Å². The monoisotopic (exact) mass is 456 g/mol. The van der Waals surface area contributed by atoms with E-state index in [1.54, 1.807) is 4.90 Å². The SMILES string of the molecule is CCCCC1(C(O)CCC2C(C)OC(=O)N2CCSc2nc(C(=O)O)cs2)CCC1. The summed E-state index contributed by atoms with van der Waals surface area (Å²) in [5.41, 5.74) is 0.132. The smallest absolute Gasteiger partial charge is 0.410 e. The van der Waals surface area contributed by atoms with Gasteiger partial charge in [-0.1, -0.05) is 37.9 Å². The van der Waals surface area contributed by atoms with E-state index < -0.39 is 5.97 Å². The second-order valence-corrected chi connectivity index (χ2v) is 10.6. The predicted molar refractivity (Wildman–Crippen MR) is 117 cm³/mol. The maximum Gasteiger partial charge on any atom is 0.410 e. The van der Waals surface area contributed by atoms with Gasteiger partial charge in [0.1, 0.15) is 6.10 Å². The first-order valence-corrected chi connectivity index (χ1v) is 12.7. The molecule has 3 rings (SSSR count). The number of thiazole rings is 1. The van der Waals surface area contributed by atoms with E-state index in [1.165, 1.54) is 34.9 Å². The summed E-state index contributed by atoms with van der Waals surface area (Å²) >= 11 is 2.74. The number of nitrogens with zero attached hydrogens (tertiary/aromatic N) is 2. The Hall–Kier alpha value is -1.32. The highest BCUT2D eigenvalue weighted by atomic mass is 32.2. The molecule has 0 bridgehead atoms. The van der Waals surface area contributed by atoms with Crippen LogP contribution in [0.2, 0.25) is 0 Å². The summed E-state index contributed by atoms with van der Waals surface area (Å²) in [6.45, 7) is 4.61. The topological polar surface area (TPSA) is 100.0 Å². The Morgan fingerprint density at radius 2 is 2.27 bits per heavy atom. The van der Waals surface area contributed by atoms with Crippen molar-refractivity contribution in [3.63, 3.8) is 0 Å². The lowest BCUT2D eigenvalue weighted by atomic mass is 9.61. The molecule has 0 radical (unpaired) electrons. The minimum absolute atomic E-state index is 0.0399. The molecular weight excluding hydrogens is 424 g/mol. The number of cyclic esters (lactones) is 1. The second-order valence-electron chi connectivity index (χ2n) is 8.41. The molecule has 1 aromatic rings. The van der Waals surface area contributed by atoms with Crippen molar-refractivity contribution in [1.82, 2.24) is 9.88 Å². The fourth-order valence-corrected chi connectivity index (χ4v) is 6.35. The normalized spacial score (nSPS) is 23.8. The van der Waals surface area contributed by atoms with E-state index in [1.807, 2.05) is 6.92 Å². The molecule has 7 nitrogen and oxygen atoms in total. The highest BCUT2D eigenvalue weighted by Crippen LogP contribution is 2.49. The van der Waals surface area contributed by atoms with Crippen molar-refractivity contribution in [3.05, 3.63) is 11.1 Å². The van der Waals surface area contributed by atoms with Crippen LogP contribution in [0.4, 0.5) is 4.79 Å². The molecule has 1 aromatic heterocycles.